The summed E-state index contributed by atoms with van der Waals surface area (Å²) in [6, 6.07) is 5.51. The van der Waals surface area contributed by atoms with Crippen molar-refractivity contribution in [2.45, 2.75) is 0 Å². The summed E-state index contributed by atoms with van der Waals surface area (Å²) in [6.45, 7) is 0.246. The average Bonchev–Trinajstić information content (AvgIpc) is 2.91. The molecule has 5 heteroatoms. The molecule has 2 heterocycles. The van der Waals surface area contributed by atoms with Gasteiger partial charge in [0.05, 0.1) is 12.6 Å². The Labute approximate surface area is 97.5 Å². The first-order chi connectivity index (χ1) is 8.20. The van der Waals surface area contributed by atoms with Crippen LogP contribution in [0.1, 0.15) is 10.5 Å². The summed E-state index contributed by atoms with van der Waals surface area (Å²) in [5, 5.41) is 0.928. The van der Waals surface area contributed by atoms with Crippen molar-refractivity contribution in [3.63, 3.8) is 0 Å². The van der Waals surface area contributed by atoms with Gasteiger partial charge in [-0.3, -0.25) is 0 Å². The Morgan fingerprint density at radius 1 is 1.29 bits per heavy atom. The molecule has 17 heavy (non-hydrogen) atoms. The van der Waals surface area contributed by atoms with E-state index in [-0.39, 0.29) is 12.8 Å². The monoisotopic (exact) mass is 233 g/mol. The summed E-state index contributed by atoms with van der Waals surface area (Å²) in [5.41, 5.74) is 1.42. The van der Waals surface area contributed by atoms with E-state index < -0.39 is 0 Å². The maximum atomic E-state index is 11.6. The van der Waals surface area contributed by atoms with Crippen LogP contribution in [0.15, 0.2) is 18.2 Å². The smallest absolute Gasteiger partial charge is 0.354 e. The average molecular weight is 233 g/mol. The second-order valence-corrected chi connectivity index (χ2v) is 3.84. The molecule has 0 N–H and O–H groups in total. The Morgan fingerprint density at radius 3 is 2.71 bits per heavy atom. The maximum absolute atomic E-state index is 11.6. The Morgan fingerprint density at radius 2 is 2.00 bits per heavy atom. The van der Waals surface area contributed by atoms with Crippen LogP contribution in [0.5, 0.6) is 11.5 Å². The molecule has 0 saturated carbocycles. The van der Waals surface area contributed by atoms with Crippen LogP contribution < -0.4 is 9.47 Å². The van der Waals surface area contributed by atoms with Crippen molar-refractivity contribution in [2.24, 2.45) is 7.05 Å². The summed E-state index contributed by atoms with van der Waals surface area (Å²) in [4.78, 5) is 11.6. The Balaban J connectivity index is 2.24. The van der Waals surface area contributed by atoms with E-state index in [2.05, 4.69) is 0 Å². The largest absolute Gasteiger partial charge is 0.464 e. The number of fused-ring (bicyclic) bond motifs is 2. The van der Waals surface area contributed by atoms with E-state index in [0.717, 1.165) is 10.9 Å². The van der Waals surface area contributed by atoms with Gasteiger partial charge in [-0.05, 0) is 12.1 Å². The number of hydrogen-bond donors (Lipinski definition) is 0. The number of methoxy groups -OCH3 is 1. The standard InChI is InChI=1S/C12H11NO4/c1-13-8-5-11-10(16-6-17-11)4-7(8)3-9(13)12(14)15-2/h3-5H,6H2,1-2H3. The molecule has 0 aliphatic carbocycles. The molecule has 0 radical (unpaired) electrons. The number of aryl methyl sites for hydroxylation is 1. The predicted molar refractivity (Wildman–Crippen MR) is 60.4 cm³/mol. The first kappa shape index (κ1) is 10.0. The molecule has 0 saturated heterocycles. The number of nitrogens with zero attached hydrogens (tertiary/aromatic N) is 1. The second kappa shape index (κ2) is 3.41. The van der Waals surface area contributed by atoms with Gasteiger partial charge in [0.2, 0.25) is 6.79 Å². The Kier molecular flexibility index (Phi) is 2.01. The fourth-order valence-electron chi connectivity index (χ4n) is 2.03. The van der Waals surface area contributed by atoms with E-state index in [1.807, 2.05) is 19.2 Å². The number of aromatic nitrogens is 1. The molecule has 0 amide bonds. The van der Waals surface area contributed by atoms with Crippen molar-refractivity contribution in [2.75, 3.05) is 13.9 Å². The molecule has 88 valence electrons. The number of esters is 1. The third-order valence-corrected chi connectivity index (χ3v) is 2.93. The Hall–Kier alpha value is -2.17. The molecule has 1 aromatic carbocycles. The van der Waals surface area contributed by atoms with Crippen molar-refractivity contribution in [1.29, 1.82) is 0 Å². The third kappa shape index (κ3) is 1.35. The molecule has 1 aromatic heterocycles. The van der Waals surface area contributed by atoms with Crippen molar-refractivity contribution < 1.29 is 19.0 Å². The maximum Gasteiger partial charge on any atom is 0.354 e. The Bertz CT molecular complexity index is 614. The minimum absolute atomic E-state index is 0.246. The van der Waals surface area contributed by atoms with Crippen molar-refractivity contribution in [3.8, 4) is 11.5 Å². The van der Waals surface area contributed by atoms with E-state index in [1.54, 1.807) is 10.6 Å². The van der Waals surface area contributed by atoms with Gasteiger partial charge in [0.1, 0.15) is 5.69 Å². The number of ether oxygens (including phenoxy) is 3. The minimum atomic E-state index is -0.356. The van der Waals surface area contributed by atoms with Gasteiger partial charge >= 0.3 is 5.97 Å². The van der Waals surface area contributed by atoms with Gasteiger partial charge in [0.25, 0.3) is 0 Å². The van der Waals surface area contributed by atoms with E-state index in [9.17, 15) is 4.79 Å². The fraction of sp³-hybridized carbons (Fsp3) is 0.250. The first-order valence-corrected chi connectivity index (χ1v) is 5.18. The van der Waals surface area contributed by atoms with Gasteiger partial charge < -0.3 is 18.8 Å². The van der Waals surface area contributed by atoms with Gasteiger partial charge in [0.15, 0.2) is 11.5 Å². The van der Waals surface area contributed by atoms with Crippen LogP contribution in [-0.4, -0.2) is 24.4 Å². The molecule has 0 fully saturated rings. The zero-order chi connectivity index (χ0) is 12.0. The number of benzene rings is 1. The molecule has 5 nitrogen and oxygen atoms in total. The van der Waals surface area contributed by atoms with Crippen LogP contribution >= 0.6 is 0 Å². The van der Waals surface area contributed by atoms with E-state index in [4.69, 9.17) is 14.2 Å². The van der Waals surface area contributed by atoms with Crippen LogP contribution in [0, 0.1) is 0 Å². The molecule has 1 aliphatic rings. The molecule has 0 unspecified atom stereocenters. The van der Waals surface area contributed by atoms with Gasteiger partial charge in [0, 0.05) is 18.5 Å². The lowest BCUT2D eigenvalue weighted by Gasteiger charge is -2.02. The highest BCUT2D eigenvalue weighted by Crippen LogP contribution is 2.36. The van der Waals surface area contributed by atoms with E-state index >= 15 is 0 Å². The zero-order valence-corrected chi connectivity index (χ0v) is 9.52. The molecule has 1 aliphatic heterocycles. The number of rotatable bonds is 1. The topological polar surface area (TPSA) is 49.7 Å². The van der Waals surface area contributed by atoms with Crippen LogP contribution in [-0.2, 0) is 11.8 Å². The van der Waals surface area contributed by atoms with Crippen molar-refractivity contribution >= 4 is 16.9 Å². The lowest BCUT2D eigenvalue weighted by Crippen LogP contribution is -2.06. The number of carbonyl (C=O) groups excluding carboxylic acids is 1. The van der Waals surface area contributed by atoms with Crippen LogP contribution in [0.4, 0.5) is 0 Å². The second-order valence-electron chi connectivity index (χ2n) is 3.84. The minimum Gasteiger partial charge on any atom is -0.464 e. The summed E-state index contributed by atoms with van der Waals surface area (Å²) in [6.07, 6.45) is 0. The highest BCUT2D eigenvalue weighted by Gasteiger charge is 2.19. The lowest BCUT2D eigenvalue weighted by atomic mass is 10.2. The molecule has 2 aromatic rings. The van der Waals surface area contributed by atoms with Crippen molar-refractivity contribution in [1.82, 2.24) is 4.57 Å². The summed E-state index contributed by atoms with van der Waals surface area (Å²) >= 11 is 0. The normalized spacial score (nSPS) is 13.1. The van der Waals surface area contributed by atoms with Crippen molar-refractivity contribution in [3.05, 3.63) is 23.9 Å². The molecule has 0 atom stereocenters. The molecule has 0 bridgehead atoms. The quantitative estimate of drug-likeness (QED) is 0.703. The van der Waals surface area contributed by atoms with Gasteiger partial charge in [-0.1, -0.05) is 0 Å². The van der Waals surface area contributed by atoms with Crippen LogP contribution in [0.25, 0.3) is 10.9 Å². The van der Waals surface area contributed by atoms with Gasteiger partial charge in [-0.2, -0.15) is 0 Å². The molecular weight excluding hydrogens is 222 g/mol. The number of hydrogen-bond acceptors (Lipinski definition) is 4. The van der Waals surface area contributed by atoms with Crippen LogP contribution in [0.2, 0.25) is 0 Å². The SMILES string of the molecule is COC(=O)c1cc2cc3c(cc2n1C)OCO3. The van der Waals surface area contributed by atoms with E-state index in [0.29, 0.717) is 17.2 Å². The summed E-state index contributed by atoms with van der Waals surface area (Å²) in [7, 11) is 3.18. The van der Waals surface area contributed by atoms with E-state index in [1.165, 1.54) is 7.11 Å². The fourth-order valence-corrected chi connectivity index (χ4v) is 2.03. The molecular formula is C12H11NO4. The highest BCUT2D eigenvalue weighted by atomic mass is 16.7. The van der Waals surface area contributed by atoms with Crippen LogP contribution in [0.3, 0.4) is 0 Å². The zero-order valence-electron chi connectivity index (χ0n) is 9.52. The number of carbonyl (C=O) groups is 1. The lowest BCUT2D eigenvalue weighted by molar-refractivity contribution is 0.0590. The predicted octanol–water partition coefficient (Wildman–Crippen LogP) is 1.69. The van der Waals surface area contributed by atoms with Gasteiger partial charge in [-0.25, -0.2) is 4.79 Å². The molecule has 0 spiro atoms. The van der Waals surface area contributed by atoms with Gasteiger partial charge in [-0.15, -0.1) is 0 Å². The summed E-state index contributed by atoms with van der Waals surface area (Å²) < 4.78 is 17.1. The molecule has 3 rings (SSSR count). The third-order valence-electron chi connectivity index (χ3n) is 2.93. The first-order valence-electron chi connectivity index (χ1n) is 5.18. The highest BCUT2D eigenvalue weighted by molar-refractivity contribution is 5.96. The summed E-state index contributed by atoms with van der Waals surface area (Å²) in [5.74, 6) is 1.06.